The largest absolute Gasteiger partial charge is 0.447 e. The summed E-state index contributed by atoms with van der Waals surface area (Å²) in [6.07, 6.45) is 3.02. The molecule has 1 fully saturated rings. The number of cyclic esters (lactones) is 1. The predicted molar refractivity (Wildman–Crippen MR) is 74.6 cm³/mol. The molecule has 19 heavy (non-hydrogen) atoms. The van der Waals surface area contributed by atoms with Gasteiger partial charge in [-0.05, 0) is 24.7 Å². The van der Waals surface area contributed by atoms with E-state index in [-0.39, 0.29) is 23.8 Å². The number of imide groups is 1. The van der Waals surface area contributed by atoms with Gasteiger partial charge in [-0.1, -0.05) is 33.8 Å². The Labute approximate surface area is 115 Å². The molecule has 0 aromatic heterocycles. The highest BCUT2D eigenvalue weighted by Crippen LogP contribution is 2.24. The number of carbonyl (C=O) groups is 2. The Morgan fingerprint density at radius 2 is 2.11 bits per heavy atom. The van der Waals surface area contributed by atoms with Crippen LogP contribution in [-0.2, 0) is 9.53 Å². The van der Waals surface area contributed by atoms with Crippen molar-refractivity contribution in [2.75, 3.05) is 6.61 Å². The van der Waals surface area contributed by atoms with Gasteiger partial charge in [-0.3, -0.25) is 4.79 Å². The van der Waals surface area contributed by atoms with Crippen LogP contribution in [0.4, 0.5) is 4.79 Å². The molecule has 1 aliphatic heterocycles. The summed E-state index contributed by atoms with van der Waals surface area (Å²) in [5.41, 5.74) is 0. The van der Waals surface area contributed by atoms with Gasteiger partial charge < -0.3 is 4.74 Å². The van der Waals surface area contributed by atoms with Crippen molar-refractivity contribution in [3.05, 3.63) is 12.7 Å². The van der Waals surface area contributed by atoms with Crippen LogP contribution in [0.1, 0.15) is 40.5 Å². The molecule has 2 amide bonds. The van der Waals surface area contributed by atoms with Crippen molar-refractivity contribution in [1.29, 1.82) is 0 Å². The first kappa shape index (κ1) is 15.7. The average molecular weight is 267 g/mol. The molecule has 0 aliphatic carbocycles. The van der Waals surface area contributed by atoms with Gasteiger partial charge in [-0.25, -0.2) is 9.69 Å². The summed E-state index contributed by atoms with van der Waals surface area (Å²) in [5, 5.41) is 0. The minimum absolute atomic E-state index is 0.114. The predicted octanol–water partition coefficient (Wildman–Crippen LogP) is 3.23. The van der Waals surface area contributed by atoms with E-state index in [4.69, 9.17) is 4.74 Å². The van der Waals surface area contributed by atoms with Crippen molar-refractivity contribution in [2.45, 2.75) is 46.6 Å². The number of amides is 2. The molecule has 1 saturated heterocycles. The van der Waals surface area contributed by atoms with Gasteiger partial charge >= 0.3 is 6.09 Å². The third kappa shape index (κ3) is 3.82. The van der Waals surface area contributed by atoms with Crippen LogP contribution in [0.25, 0.3) is 0 Å². The standard InChI is InChI=1S/C15H25NO3/c1-6-7-11(4)8-12(5)14(17)16-13(10(2)3)9-19-15(16)18/h6,10-13H,1,7-9H2,2-5H3/t11-,12?,13-/m1/s1. The first-order chi connectivity index (χ1) is 8.88. The summed E-state index contributed by atoms with van der Waals surface area (Å²) in [6.45, 7) is 12.0. The Bertz CT molecular complexity index is 351. The number of rotatable bonds is 6. The zero-order valence-corrected chi connectivity index (χ0v) is 12.4. The molecule has 0 aromatic rings. The molecular weight excluding hydrogens is 242 g/mol. The molecule has 0 aromatic carbocycles. The van der Waals surface area contributed by atoms with Gasteiger partial charge in [0.15, 0.2) is 0 Å². The highest BCUT2D eigenvalue weighted by molar-refractivity contribution is 5.94. The SMILES string of the molecule is C=CC[C@@H](C)CC(C)C(=O)N1C(=O)OC[C@@H]1C(C)C. The van der Waals surface area contributed by atoms with Crippen LogP contribution < -0.4 is 0 Å². The van der Waals surface area contributed by atoms with E-state index in [1.807, 2.05) is 26.8 Å². The Hall–Kier alpha value is -1.32. The summed E-state index contributed by atoms with van der Waals surface area (Å²) >= 11 is 0. The molecule has 3 atom stereocenters. The number of allylic oxidation sites excluding steroid dienone is 1. The maximum Gasteiger partial charge on any atom is 0.416 e. The number of carbonyl (C=O) groups excluding carboxylic acids is 2. The second-order valence-electron chi connectivity index (χ2n) is 5.86. The third-order valence-corrected chi connectivity index (χ3v) is 3.66. The molecule has 1 heterocycles. The number of ether oxygens (including phenoxy) is 1. The second kappa shape index (κ2) is 6.73. The van der Waals surface area contributed by atoms with Crippen molar-refractivity contribution in [2.24, 2.45) is 17.8 Å². The van der Waals surface area contributed by atoms with E-state index in [9.17, 15) is 9.59 Å². The topological polar surface area (TPSA) is 46.6 Å². The maximum absolute atomic E-state index is 12.4. The molecule has 0 saturated carbocycles. The van der Waals surface area contributed by atoms with Crippen LogP contribution in [0.15, 0.2) is 12.7 Å². The van der Waals surface area contributed by atoms with Crippen molar-refractivity contribution in [1.82, 2.24) is 4.90 Å². The van der Waals surface area contributed by atoms with Gasteiger partial charge in [0.1, 0.15) is 6.61 Å². The van der Waals surface area contributed by atoms with Crippen LogP contribution in [0.3, 0.4) is 0 Å². The Balaban J connectivity index is 2.69. The maximum atomic E-state index is 12.4. The van der Waals surface area contributed by atoms with E-state index >= 15 is 0 Å². The summed E-state index contributed by atoms with van der Waals surface area (Å²) < 4.78 is 5.01. The van der Waals surface area contributed by atoms with Crippen LogP contribution in [0.5, 0.6) is 0 Å². The van der Waals surface area contributed by atoms with Gasteiger partial charge in [0, 0.05) is 5.92 Å². The van der Waals surface area contributed by atoms with Crippen LogP contribution in [-0.4, -0.2) is 29.5 Å². The Kier molecular flexibility index (Phi) is 5.58. The van der Waals surface area contributed by atoms with Gasteiger partial charge in [-0.15, -0.1) is 6.58 Å². The fourth-order valence-corrected chi connectivity index (χ4v) is 2.50. The molecule has 0 spiro atoms. The Morgan fingerprint density at radius 1 is 1.47 bits per heavy atom. The van der Waals surface area contributed by atoms with E-state index in [0.29, 0.717) is 12.5 Å². The molecule has 4 nitrogen and oxygen atoms in total. The second-order valence-corrected chi connectivity index (χ2v) is 5.86. The molecule has 1 rings (SSSR count). The minimum atomic E-state index is -0.494. The summed E-state index contributed by atoms with van der Waals surface area (Å²) in [6, 6.07) is -0.128. The monoisotopic (exact) mass is 267 g/mol. The van der Waals surface area contributed by atoms with Crippen molar-refractivity contribution in [3.63, 3.8) is 0 Å². The van der Waals surface area contributed by atoms with Gasteiger partial charge in [0.25, 0.3) is 0 Å². The van der Waals surface area contributed by atoms with E-state index in [0.717, 1.165) is 12.8 Å². The van der Waals surface area contributed by atoms with Gasteiger partial charge in [0.05, 0.1) is 6.04 Å². The first-order valence-corrected chi connectivity index (χ1v) is 6.99. The smallest absolute Gasteiger partial charge is 0.416 e. The first-order valence-electron chi connectivity index (χ1n) is 6.99. The quantitative estimate of drug-likeness (QED) is 0.694. The lowest BCUT2D eigenvalue weighted by atomic mass is 9.93. The zero-order valence-electron chi connectivity index (χ0n) is 12.4. The van der Waals surface area contributed by atoms with Gasteiger partial charge in [0.2, 0.25) is 5.91 Å². The molecule has 0 radical (unpaired) electrons. The third-order valence-electron chi connectivity index (χ3n) is 3.66. The number of hydrogen-bond donors (Lipinski definition) is 0. The molecule has 0 bridgehead atoms. The lowest BCUT2D eigenvalue weighted by Crippen LogP contribution is -2.44. The summed E-state index contributed by atoms with van der Waals surface area (Å²) in [7, 11) is 0. The van der Waals surface area contributed by atoms with Crippen LogP contribution in [0.2, 0.25) is 0 Å². The highest BCUT2D eigenvalue weighted by Gasteiger charge is 2.41. The minimum Gasteiger partial charge on any atom is -0.447 e. The van der Waals surface area contributed by atoms with Crippen LogP contribution in [0, 0.1) is 17.8 Å². The lowest BCUT2D eigenvalue weighted by molar-refractivity contribution is -0.134. The highest BCUT2D eigenvalue weighted by atomic mass is 16.6. The van der Waals surface area contributed by atoms with E-state index < -0.39 is 6.09 Å². The normalized spacial score (nSPS) is 22.3. The van der Waals surface area contributed by atoms with E-state index in [2.05, 4.69) is 13.5 Å². The fraction of sp³-hybridized carbons (Fsp3) is 0.733. The van der Waals surface area contributed by atoms with Crippen molar-refractivity contribution >= 4 is 12.0 Å². The van der Waals surface area contributed by atoms with Crippen molar-refractivity contribution in [3.8, 4) is 0 Å². The van der Waals surface area contributed by atoms with Crippen LogP contribution >= 0.6 is 0 Å². The van der Waals surface area contributed by atoms with Crippen molar-refractivity contribution < 1.29 is 14.3 Å². The molecule has 4 heteroatoms. The van der Waals surface area contributed by atoms with E-state index in [1.165, 1.54) is 4.90 Å². The number of hydrogen-bond acceptors (Lipinski definition) is 3. The average Bonchev–Trinajstić information content (AvgIpc) is 2.70. The molecule has 108 valence electrons. The fourth-order valence-electron chi connectivity index (χ4n) is 2.50. The zero-order chi connectivity index (χ0) is 14.6. The molecule has 1 aliphatic rings. The van der Waals surface area contributed by atoms with E-state index in [1.54, 1.807) is 0 Å². The summed E-state index contributed by atoms with van der Waals surface area (Å²) in [5.74, 6) is 0.333. The lowest BCUT2D eigenvalue weighted by Gasteiger charge is -2.26. The summed E-state index contributed by atoms with van der Waals surface area (Å²) in [4.78, 5) is 25.4. The molecular formula is C15H25NO3. The van der Waals surface area contributed by atoms with Gasteiger partial charge in [-0.2, -0.15) is 0 Å². The molecule has 0 N–H and O–H groups in total. The Morgan fingerprint density at radius 3 is 2.63 bits per heavy atom. The number of nitrogens with zero attached hydrogens (tertiary/aromatic N) is 1. The molecule has 1 unspecified atom stereocenters.